The van der Waals surface area contributed by atoms with Crippen molar-refractivity contribution in [3.63, 3.8) is 0 Å². The molecule has 0 saturated heterocycles. The zero-order chi connectivity index (χ0) is 23.3. The van der Waals surface area contributed by atoms with Crippen LogP contribution in [0.5, 0.6) is 17.2 Å². The SMILES string of the molecule is C=Cc1cccc(OCCCCC(COc2cccc(C=C)c2)Oc2cccc(C=C)c2)c1. The highest BCUT2D eigenvalue weighted by molar-refractivity contribution is 5.51. The molecule has 0 bridgehead atoms. The van der Waals surface area contributed by atoms with E-state index < -0.39 is 0 Å². The maximum atomic E-state index is 6.29. The molecule has 0 aliphatic heterocycles. The van der Waals surface area contributed by atoms with E-state index in [0.717, 1.165) is 53.2 Å². The molecule has 0 amide bonds. The highest BCUT2D eigenvalue weighted by Crippen LogP contribution is 2.20. The Hall–Kier alpha value is -3.72. The van der Waals surface area contributed by atoms with E-state index in [1.807, 2.05) is 91.0 Å². The summed E-state index contributed by atoms with van der Waals surface area (Å²) in [5.41, 5.74) is 3.11. The fourth-order valence-corrected chi connectivity index (χ4v) is 3.40. The lowest BCUT2D eigenvalue weighted by Gasteiger charge is -2.20. The molecule has 0 N–H and O–H groups in total. The minimum atomic E-state index is -0.0819. The van der Waals surface area contributed by atoms with Crippen LogP contribution in [0.2, 0.25) is 0 Å². The monoisotopic (exact) mass is 440 g/mol. The zero-order valence-electron chi connectivity index (χ0n) is 19.1. The lowest BCUT2D eigenvalue weighted by atomic mass is 10.1. The van der Waals surface area contributed by atoms with Gasteiger partial charge in [0.2, 0.25) is 0 Å². The van der Waals surface area contributed by atoms with Crippen LogP contribution in [0.3, 0.4) is 0 Å². The summed E-state index contributed by atoms with van der Waals surface area (Å²) < 4.78 is 18.2. The summed E-state index contributed by atoms with van der Waals surface area (Å²) in [5, 5.41) is 0. The summed E-state index contributed by atoms with van der Waals surface area (Å²) >= 11 is 0. The molecule has 0 spiro atoms. The Labute approximate surface area is 197 Å². The Balaban J connectivity index is 1.55. The van der Waals surface area contributed by atoms with E-state index in [-0.39, 0.29) is 6.10 Å². The Morgan fingerprint density at radius 3 is 1.73 bits per heavy atom. The van der Waals surface area contributed by atoms with E-state index in [0.29, 0.717) is 13.2 Å². The molecule has 1 atom stereocenters. The van der Waals surface area contributed by atoms with E-state index in [1.54, 1.807) is 0 Å². The van der Waals surface area contributed by atoms with Crippen molar-refractivity contribution in [1.29, 1.82) is 0 Å². The van der Waals surface area contributed by atoms with Crippen molar-refractivity contribution in [2.75, 3.05) is 13.2 Å². The summed E-state index contributed by atoms with van der Waals surface area (Å²) in [6, 6.07) is 23.8. The molecule has 3 heteroatoms. The van der Waals surface area contributed by atoms with Crippen LogP contribution in [0.25, 0.3) is 18.2 Å². The van der Waals surface area contributed by atoms with Crippen molar-refractivity contribution in [2.24, 2.45) is 0 Å². The molecule has 3 nitrogen and oxygen atoms in total. The Morgan fingerprint density at radius 1 is 0.636 bits per heavy atom. The van der Waals surface area contributed by atoms with Crippen LogP contribution in [-0.4, -0.2) is 19.3 Å². The van der Waals surface area contributed by atoms with Gasteiger partial charge in [0, 0.05) is 0 Å². The normalized spacial score (nSPS) is 11.3. The second kappa shape index (κ2) is 13.0. The fraction of sp³-hybridized carbons (Fsp3) is 0.200. The summed E-state index contributed by atoms with van der Waals surface area (Å²) in [6.45, 7) is 12.6. The molecular weight excluding hydrogens is 408 g/mol. The van der Waals surface area contributed by atoms with Gasteiger partial charge < -0.3 is 14.2 Å². The first-order valence-electron chi connectivity index (χ1n) is 11.3. The van der Waals surface area contributed by atoms with Gasteiger partial charge in [-0.05, 0) is 72.4 Å². The van der Waals surface area contributed by atoms with E-state index >= 15 is 0 Å². The van der Waals surface area contributed by atoms with Crippen molar-refractivity contribution in [3.8, 4) is 17.2 Å². The van der Waals surface area contributed by atoms with Crippen LogP contribution in [0.1, 0.15) is 36.0 Å². The van der Waals surface area contributed by atoms with E-state index in [1.165, 1.54) is 0 Å². The van der Waals surface area contributed by atoms with Crippen LogP contribution in [-0.2, 0) is 0 Å². The Bertz CT molecular complexity index is 1050. The highest BCUT2D eigenvalue weighted by Gasteiger charge is 2.13. The molecule has 0 heterocycles. The van der Waals surface area contributed by atoms with E-state index in [9.17, 15) is 0 Å². The predicted molar refractivity (Wildman–Crippen MR) is 139 cm³/mol. The van der Waals surface area contributed by atoms with Crippen molar-refractivity contribution in [1.82, 2.24) is 0 Å². The molecule has 0 fully saturated rings. The lowest BCUT2D eigenvalue weighted by molar-refractivity contribution is 0.117. The maximum absolute atomic E-state index is 6.29. The van der Waals surface area contributed by atoms with E-state index in [2.05, 4.69) is 19.7 Å². The van der Waals surface area contributed by atoms with Crippen molar-refractivity contribution < 1.29 is 14.2 Å². The van der Waals surface area contributed by atoms with Gasteiger partial charge in [-0.15, -0.1) is 0 Å². The number of unbranched alkanes of at least 4 members (excludes halogenated alkanes) is 1. The average Bonchev–Trinajstić information content (AvgIpc) is 2.87. The number of benzene rings is 3. The zero-order valence-corrected chi connectivity index (χ0v) is 19.1. The third-order valence-corrected chi connectivity index (χ3v) is 5.21. The number of ether oxygens (including phenoxy) is 3. The summed E-state index contributed by atoms with van der Waals surface area (Å²) in [7, 11) is 0. The predicted octanol–water partition coefficient (Wildman–Crippen LogP) is 7.69. The molecule has 170 valence electrons. The molecule has 0 aromatic heterocycles. The molecule has 0 radical (unpaired) electrons. The summed E-state index contributed by atoms with van der Waals surface area (Å²) in [4.78, 5) is 0. The molecule has 3 aromatic carbocycles. The first-order valence-corrected chi connectivity index (χ1v) is 11.3. The van der Waals surface area contributed by atoms with Crippen molar-refractivity contribution in [3.05, 3.63) is 109 Å². The second-order valence-corrected chi connectivity index (χ2v) is 7.72. The molecule has 0 aliphatic rings. The topological polar surface area (TPSA) is 27.7 Å². The number of hydrogen-bond acceptors (Lipinski definition) is 3. The molecule has 3 aromatic rings. The standard InChI is InChI=1S/C30H32O3/c1-4-24-12-9-16-27(20-24)31-19-8-7-15-30(33-29-18-11-14-26(6-3)22-29)23-32-28-17-10-13-25(5-2)21-28/h4-6,9-14,16-18,20-22,30H,1-3,7-8,15,19,23H2. The maximum Gasteiger partial charge on any atom is 0.133 e. The largest absolute Gasteiger partial charge is 0.494 e. The highest BCUT2D eigenvalue weighted by atomic mass is 16.5. The quantitative estimate of drug-likeness (QED) is 0.240. The molecule has 0 saturated carbocycles. The van der Waals surface area contributed by atoms with Crippen molar-refractivity contribution >= 4 is 18.2 Å². The fourth-order valence-electron chi connectivity index (χ4n) is 3.40. The van der Waals surface area contributed by atoms with E-state index in [4.69, 9.17) is 14.2 Å². The molecule has 3 rings (SSSR count). The van der Waals surface area contributed by atoms with Gasteiger partial charge in [-0.2, -0.15) is 0 Å². The third kappa shape index (κ3) is 8.04. The second-order valence-electron chi connectivity index (χ2n) is 7.72. The third-order valence-electron chi connectivity index (χ3n) is 5.21. The van der Waals surface area contributed by atoms with Gasteiger partial charge in [-0.1, -0.05) is 74.4 Å². The van der Waals surface area contributed by atoms with Gasteiger partial charge in [0.05, 0.1) is 6.61 Å². The summed E-state index contributed by atoms with van der Waals surface area (Å²) in [5.74, 6) is 2.50. The molecular formula is C30H32O3. The minimum Gasteiger partial charge on any atom is -0.494 e. The Morgan fingerprint density at radius 2 is 1.15 bits per heavy atom. The first kappa shape index (κ1) is 23.9. The smallest absolute Gasteiger partial charge is 0.133 e. The first-order chi connectivity index (χ1) is 16.2. The van der Waals surface area contributed by atoms with Crippen LogP contribution < -0.4 is 14.2 Å². The van der Waals surface area contributed by atoms with Gasteiger partial charge in [-0.25, -0.2) is 0 Å². The Kier molecular flexibility index (Phi) is 9.41. The van der Waals surface area contributed by atoms with Crippen LogP contribution >= 0.6 is 0 Å². The van der Waals surface area contributed by atoms with Crippen molar-refractivity contribution in [2.45, 2.75) is 25.4 Å². The van der Waals surface area contributed by atoms with Crippen LogP contribution in [0, 0.1) is 0 Å². The minimum absolute atomic E-state index is 0.0819. The van der Waals surface area contributed by atoms with Gasteiger partial charge in [-0.3, -0.25) is 0 Å². The molecule has 1 unspecified atom stereocenters. The van der Waals surface area contributed by atoms with Crippen LogP contribution in [0.15, 0.2) is 92.5 Å². The van der Waals surface area contributed by atoms with Gasteiger partial charge >= 0.3 is 0 Å². The summed E-state index contributed by atoms with van der Waals surface area (Å²) in [6.07, 6.45) is 8.11. The number of hydrogen-bond donors (Lipinski definition) is 0. The molecule has 33 heavy (non-hydrogen) atoms. The molecule has 0 aliphatic carbocycles. The van der Waals surface area contributed by atoms with Crippen LogP contribution in [0.4, 0.5) is 0 Å². The van der Waals surface area contributed by atoms with Gasteiger partial charge in [0.15, 0.2) is 0 Å². The lowest BCUT2D eigenvalue weighted by Crippen LogP contribution is -2.25. The van der Waals surface area contributed by atoms with Gasteiger partial charge in [0.1, 0.15) is 30.0 Å². The average molecular weight is 441 g/mol. The number of rotatable bonds is 14. The van der Waals surface area contributed by atoms with Gasteiger partial charge in [0.25, 0.3) is 0 Å².